The number of benzene rings is 3. The van der Waals surface area contributed by atoms with Crippen molar-refractivity contribution in [3.63, 3.8) is 0 Å². The van der Waals surface area contributed by atoms with Crippen LogP contribution in [0.5, 0.6) is 5.75 Å². The quantitative estimate of drug-likeness (QED) is 0.370. The van der Waals surface area contributed by atoms with Crippen molar-refractivity contribution in [2.45, 2.75) is 0 Å². The Balaban J connectivity index is 1.68. The predicted octanol–water partition coefficient (Wildman–Crippen LogP) is 5.96. The molecule has 4 aromatic rings. The number of methoxy groups -OCH3 is 1. The first-order valence-corrected chi connectivity index (χ1v) is 10.6. The van der Waals surface area contributed by atoms with Gasteiger partial charge in [0, 0.05) is 21.7 Å². The van der Waals surface area contributed by atoms with Gasteiger partial charge in [-0.3, -0.25) is 14.9 Å². The van der Waals surface area contributed by atoms with Gasteiger partial charge in [-0.25, -0.2) is 4.98 Å². The number of carbonyl (C=O) groups excluding carboxylic acids is 2. The summed E-state index contributed by atoms with van der Waals surface area (Å²) in [5, 5.41) is 3.69. The van der Waals surface area contributed by atoms with Crippen LogP contribution in [-0.2, 0) is 0 Å². The highest BCUT2D eigenvalue weighted by atomic mass is 35.5. The molecule has 5 nitrogen and oxygen atoms in total. The monoisotopic (exact) mass is 448 g/mol. The minimum Gasteiger partial charge on any atom is -0.497 e. The van der Waals surface area contributed by atoms with Gasteiger partial charge in [-0.1, -0.05) is 53.3 Å². The molecule has 1 aromatic heterocycles. The second kappa shape index (κ2) is 9.12. The van der Waals surface area contributed by atoms with Gasteiger partial charge in [0.15, 0.2) is 5.13 Å². The highest BCUT2D eigenvalue weighted by Gasteiger charge is 2.22. The van der Waals surface area contributed by atoms with Crippen LogP contribution in [0.3, 0.4) is 0 Å². The molecule has 0 radical (unpaired) electrons. The van der Waals surface area contributed by atoms with Gasteiger partial charge in [-0.2, -0.15) is 0 Å². The smallest absolute Gasteiger partial charge is 0.257 e. The van der Waals surface area contributed by atoms with Crippen molar-refractivity contribution in [1.82, 2.24) is 4.98 Å². The molecule has 0 aliphatic rings. The van der Waals surface area contributed by atoms with Crippen LogP contribution in [-0.4, -0.2) is 23.8 Å². The van der Waals surface area contributed by atoms with Crippen molar-refractivity contribution in [3.8, 4) is 17.0 Å². The third-order valence-electron chi connectivity index (χ3n) is 4.56. The Bertz CT molecular complexity index is 1220. The standard InChI is InChI=1S/C24H17ClN2O3S/c1-30-19-13-9-17(10-14-19)23(29)27-24-26-20(15-5-3-2-4-6-15)22(31-24)21(28)16-7-11-18(25)12-8-16/h2-14H,1H3,(H,26,27,29). The van der Waals surface area contributed by atoms with Gasteiger partial charge in [0.1, 0.15) is 10.6 Å². The highest BCUT2D eigenvalue weighted by molar-refractivity contribution is 7.18. The fourth-order valence-corrected chi connectivity index (χ4v) is 4.03. The van der Waals surface area contributed by atoms with Gasteiger partial charge >= 0.3 is 0 Å². The second-order valence-corrected chi connectivity index (χ2v) is 8.02. The Morgan fingerprint density at radius 1 is 0.903 bits per heavy atom. The largest absolute Gasteiger partial charge is 0.497 e. The first kappa shape index (κ1) is 20.8. The lowest BCUT2D eigenvalue weighted by Gasteiger charge is -2.03. The average molecular weight is 449 g/mol. The molecule has 0 aliphatic heterocycles. The van der Waals surface area contributed by atoms with Gasteiger partial charge in [0.2, 0.25) is 5.78 Å². The van der Waals surface area contributed by atoms with Gasteiger partial charge < -0.3 is 4.74 Å². The fourth-order valence-electron chi connectivity index (χ4n) is 2.96. The molecule has 1 N–H and O–H groups in total. The van der Waals surface area contributed by atoms with E-state index in [4.69, 9.17) is 16.3 Å². The van der Waals surface area contributed by atoms with Crippen LogP contribution in [0.25, 0.3) is 11.3 Å². The number of amides is 1. The summed E-state index contributed by atoms with van der Waals surface area (Å²) in [6.45, 7) is 0. The topological polar surface area (TPSA) is 68.3 Å². The van der Waals surface area contributed by atoms with E-state index in [1.807, 2.05) is 30.3 Å². The third-order valence-corrected chi connectivity index (χ3v) is 5.78. The predicted molar refractivity (Wildman–Crippen MR) is 123 cm³/mol. The molecule has 31 heavy (non-hydrogen) atoms. The lowest BCUT2D eigenvalue weighted by atomic mass is 10.1. The van der Waals surface area contributed by atoms with Crippen molar-refractivity contribution >= 4 is 39.8 Å². The SMILES string of the molecule is COc1ccc(C(=O)Nc2nc(-c3ccccc3)c(C(=O)c3ccc(Cl)cc3)s2)cc1. The number of aromatic nitrogens is 1. The Morgan fingerprint density at radius 3 is 2.19 bits per heavy atom. The number of ether oxygens (including phenoxy) is 1. The average Bonchev–Trinajstić information content (AvgIpc) is 3.23. The van der Waals surface area contributed by atoms with Gasteiger partial charge in [-0.15, -0.1) is 0 Å². The zero-order chi connectivity index (χ0) is 21.8. The number of halogens is 1. The molecule has 0 bridgehead atoms. The maximum atomic E-state index is 13.2. The normalized spacial score (nSPS) is 10.5. The maximum absolute atomic E-state index is 13.2. The lowest BCUT2D eigenvalue weighted by Crippen LogP contribution is -2.11. The van der Waals surface area contributed by atoms with Crippen molar-refractivity contribution in [2.75, 3.05) is 12.4 Å². The number of thiazole rings is 1. The minimum absolute atomic E-state index is 0.182. The second-order valence-electron chi connectivity index (χ2n) is 6.58. The van der Waals surface area contributed by atoms with Crippen LogP contribution in [0.15, 0.2) is 78.9 Å². The molecule has 0 spiro atoms. The first-order chi connectivity index (χ1) is 15.0. The van der Waals surface area contributed by atoms with Crippen LogP contribution in [0, 0.1) is 0 Å². The molecule has 0 unspecified atom stereocenters. The Labute approximate surface area is 188 Å². The zero-order valence-electron chi connectivity index (χ0n) is 16.5. The molecule has 1 heterocycles. The van der Waals surface area contributed by atoms with Crippen molar-refractivity contribution in [2.24, 2.45) is 0 Å². The number of rotatable bonds is 6. The van der Waals surface area contributed by atoms with E-state index in [1.54, 1.807) is 55.6 Å². The van der Waals surface area contributed by atoms with Crippen molar-refractivity contribution in [1.29, 1.82) is 0 Å². The summed E-state index contributed by atoms with van der Waals surface area (Å²) in [5.41, 5.74) is 2.28. The summed E-state index contributed by atoms with van der Waals surface area (Å²) in [4.78, 5) is 30.9. The summed E-state index contributed by atoms with van der Waals surface area (Å²) >= 11 is 7.09. The number of nitrogens with one attached hydrogen (secondary N) is 1. The first-order valence-electron chi connectivity index (χ1n) is 9.37. The Hall–Kier alpha value is -3.48. The number of ketones is 1. The zero-order valence-corrected chi connectivity index (χ0v) is 18.0. The minimum atomic E-state index is -0.318. The molecule has 0 atom stereocenters. The molecule has 0 saturated heterocycles. The van der Waals surface area contributed by atoms with Gasteiger partial charge in [0.05, 0.1) is 12.8 Å². The van der Waals surface area contributed by atoms with Crippen LogP contribution >= 0.6 is 22.9 Å². The van der Waals surface area contributed by atoms with Crippen molar-refractivity contribution < 1.29 is 14.3 Å². The molecule has 0 saturated carbocycles. The number of nitrogens with zero attached hydrogens (tertiary/aromatic N) is 1. The van der Waals surface area contributed by atoms with E-state index in [0.29, 0.717) is 37.6 Å². The summed E-state index contributed by atoms with van der Waals surface area (Å²) in [6.07, 6.45) is 0. The van der Waals surface area contributed by atoms with Crippen LogP contribution in [0.1, 0.15) is 25.6 Å². The summed E-state index contributed by atoms with van der Waals surface area (Å²) in [5.74, 6) is 0.160. The molecular formula is C24H17ClN2O3S. The molecule has 0 fully saturated rings. The van der Waals surface area contributed by atoms with Crippen LogP contribution in [0.4, 0.5) is 5.13 Å². The van der Waals surface area contributed by atoms with E-state index in [-0.39, 0.29) is 11.7 Å². The van der Waals surface area contributed by atoms with E-state index in [0.717, 1.165) is 16.9 Å². The van der Waals surface area contributed by atoms with E-state index in [9.17, 15) is 9.59 Å². The summed E-state index contributed by atoms with van der Waals surface area (Å²) < 4.78 is 5.12. The summed E-state index contributed by atoms with van der Waals surface area (Å²) in [7, 11) is 1.56. The third kappa shape index (κ3) is 4.66. The van der Waals surface area contributed by atoms with E-state index in [2.05, 4.69) is 10.3 Å². The Morgan fingerprint density at radius 2 is 1.55 bits per heavy atom. The van der Waals surface area contributed by atoms with Gasteiger partial charge in [-0.05, 0) is 48.5 Å². The highest BCUT2D eigenvalue weighted by Crippen LogP contribution is 2.33. The number of hydrogen-bond acceptors (Lipinski definition) is 5. The van der Waals surface area contributed by atoms with E-state index in [1.165, 1.54) is 0 Å². The number of carbonyl (C=O) groups is 2. The van der Waals surface area contributed by atoms with Crippen molar-refractivity contribution in [3.05, 3.63) is 99.9 Å². The van der Waals surface area contributed by atoms with Crippen LogP contribution in [0.2, 0.25) is 5.02 Å². The van der Waals surface area contributed by atoms with Crippen LogP contribution < -0.4 is 10.1 Å². The Kier molecular flexibility index (Phi) is 6.11. The molecule has 154 valence electrons. The lowest BCUT2D eigenvalue weighted by molar-refractivity contribution is 0.102. The molecular weight excluding hydrogens is 432 g/mol. The molecule has 1 amide bonds. The molecule has 0 aliphatic carbocycles. The maximum Gasteiger partial charge on any atom is 0.257 e. The molecule has 4 rings (SSSR count). The molecule has 7 heteroatoms. The van der Waals surface area contributed by atoms with Gasteiger partial charge in [0.25, 0.3) is 5.91 Å². The number of anilines is 1. The fraction of sp³-hybridized carbons (Fsp3) is 0.0417. The van der Waals surface area contributed by atoms with E-state index < -0.39 is 0 Å². The molecule has 3 aromatic carbocycles. The van der Waals surface area contributed by atoms with E-state index >= 15 is 0 Å². The number of hydrogen-bond donors (Lipinski definition) is 1. The summed E-state index contributed by atoms with van der Waals surface area (Å²) in [6, 6.07) is 22.8.